The highest BCUT2D eigenvalue weighted by atomic mass is 35.5. The van der Waals surface area contributed by atoms with Crippen molar-refractivity contribution in [2.45, 2.75) is 19.8 Å². The van der Waals surface area contributed by atoms with E-state index in [0.29, 0.717) is 13.1 Å². The second-order valence-corrected chi connectivity index (χ2v) is 4.33. The fraction of sp³-hybridized carbons (Fsp3) is 0.417. The number of halogens is 1. The predicted molar refractivity (Wildman–Crippen MR) is 74.5 cm³/mol. The topological polar surface area (TPSA) is 84.3 Å². The van der Waals surface area contributed by atoms with E-state index >= 15 is 0 Å². The largest absolute Gasteiger partial charge is 0.378 e. The molecule has 0 unspecified atom stereocenters. The molecule has 0 aliphatic heterocycles. The molecule has 0 aliphatic carbocycles. The third-order valence-corrected chi connectivity index (χ3v) is 2.73. The van der Waals surface area contributed by atoms with Gasteiger partial charge < -0.3 is 10.6 Å². The minimum atomic E-state index is -0.509. The Morgan fingerprint density at radius 2 is 2.16 bits per heavy atom. The zero-order valence-electron chi connectivity index (χ0n) is 10.6. The zero-order chi connectivity index (χ0) is 14.3. The van der Waals surface area contributed by atoms with Crippen LogP contribution >= 0.6 is 11.6 Å². The lowest BCUT2D eigenvalue weighted by atomic mass is 10.2. The van der Waals surface area contributed by atoms with Crippen LogP contribution in [0.25, 0.3) is 0 Å². The van der Waals surface area contributed by atoms with Crippen LogP contribution in [0.4, 0.5) is 11.4 Å². The van der Waals surface area contributed by atoms with Gasteiger partial charge in [-0.1, -0.05) is 24.6 Å². The van der Waals surface area contributed by atoms with Crippen molar-refractivity contribution >= 4 is 28.9 Å². The lowest BCUT2D eigenvalue weighted by Gasteiger charge is -2.08. The van der Waals surface area contributed by atoms with Crippen molar-refractivity contribution in [2.75, 3.05) is 18.4 Å². The molecular weight excluding hydrogens is 270 g/mol. The Labute approximate surface area is 116 Å². The minimum Gasteiger partial charge on any atom is -0.378 e. The van der Waals surface area contributed by atoms with Crippen molar-refractivity contribution in [2.24, 2.45) is 0 Å². The van der Waals surface area contributed by atoms with E-state index in [1.807, 2.05) is 6.92 Å². The Hall–Kier alpha value is -1.82. The van der Waals surface area contributed by atoms with Crippen molar-refractivity contribution in [1.29, 1.82) is 0 Å². The SMILES string of the molecule is CCCNC(=O)CCNc1c(Cl)cccc1[N+](=O)[O-]. The number of carbonyl (C=O) groups excluding carboxylic acids is 1. The molecule has 104 valence electrons. The second kappa shape index (κ2) is 7.58. The second-order valence-electron chi connectivity index (χ2n) is 3.92. The quantitative estimate of drug-likeness (QED) is 0.596. The number of nitro groups is 1. The van der Waals surface area contributed by atoms with Crippen LogP contribution in [0.3, 0.4) is 0 Å². The Kier molecular flexibility index (Phi) is 6.08. The summed E-state index contributed by atoms with van der Waals surface area (Å²) in [6, 6.07) is 4.44. The molecule has 2 N–H and O–H groups in total. The molecule has 1 rings (SSSR count). The Morgan fingerprint density at radius 3 is 2.79 bits per heavy atom. The average Bonchev–Trinajstić information content (AvgIpc) is 2.37. The molecular formula is C12H16ClN3O3. The predicted octanol–water partition coefficient (Wildman–Crippen LogP) is 2.58. The van der Waals surface area contributed by atoms with Crippen LogP contribution in [0.1, 0.15) is 19.8 Å². The Bertz CT molecular complexity index is 466. The number of amides is 1. The van der Waals surface area contributed by atoms with E-state index in [1.54, 1.807) is 6.07 Å². The van der Waals surface area contributed by atoms with Gasteiger partial charge >= 0.3 is 0 Å². The number of nitro benzene ring substituents is 1. The van der Waals surface area contributed by atoms with Gasteiger partial charge in [0.25, 0.3) is 5.69 Å². The van der Waals surface area contributed by atoms with E-state index in [4.69, 9.17) is 11.6 Å². The van der Waals surface area contributed by atoms with E-state index < -0.39 is 4.92 Å². The summed E-state index contributed by atoms with van der Waals surface area (Å²) < 4.78 is 0. The number of nitrogens with zero attached hydrogens (tertiary/aromatic N) is 1. The van der Waals surface area contributed by atoms with Gasteiger partial charge in [0, 0.05) is 25.6 Å². The highest BCUT2D eigenvalue weighted by Crippen LogP contribution is 2.31. The van der Waals surface area contributed by atoms with Crippen molar-refractivity contribution in [3.8, 4) is 0 Å². The fourth-order valence-electron chi connectivity index (χ4n) is 1.49. The van der Waals surface area contributed by atoms with Crippen LogP contribution < -0.4 is 10.6 Å². The molecule has 0 fully saturated rings. The summed E-state index contributed by atoms with van der Waals surface area (Å²) in [5.74, 6) is -0.0935. The van der Waals surface area contributed by atoms with E-state index in [2.05, 4.69) is 10.6 Å². The molecule has 1 aromatic rings. The third kappa shape index (κ3) is 4.75. The zero-order valence-corrected chi connectivity index (χ0v) is 11.4. The fourth-order valence-corrected chi connectivity index (χ4v) is 1.73. The summed E-state index contributed by atoms with van der Waals surface area (Å²) in [6.07, 6.45) is 1.11. The van der Waals surface area contributed by atoms with Crippen LogP contribution in [0.15, 0.2) is 18.2 Å². The number of hydrogen-bond donors (Lipinski definition) is 2. The first-order valence-corrected chi connectivity index (χ1v) is 6.37. The lowest BCUT2D eigenvalue weighted by molar-refractivity contribution is -0.383. The van der Waals surface area contributed by atoms with Gasteiger partial charge in [-0.25, -0.2) is 0 Å². The van der Waals surface area contributed by atoms with Crippen LogP contribution in [0, 0.1) is 10.1 Å². The van der Waals surface area contributed by atoms with Gasteiger partial charge in [0.15, 0.2) is 0 Å². The number of rotatable bonds is 7. The first kappa shape index (κ1) is 15.2. The maximum Gasteiger partial charge on any atom is 0.293 e. The molecule has 0 saturated carbocycles. The van der Waals surface area contributed by atoms with E-state index in [0.717, 1.165) is 6.42 Å². The van der Waals surface area contributed by atoms with Gasteiger partial charge in [-0.05, 0) is 12.5 Å². The van der Waals surface area contributed by atoms with Gasteiger partial charge in [0.05, 0.1) is 9.95 Å². The standard InChI is InChI=1S/C12H16ClN3O3/c1-2-7-14-11(17)6-8-15-12-9(13)4-3-5-10(12)16(18)19/h3-5,15H,2,6-8H2,1H3,(H,14,17). The molecule has 0 spiro atoms. The van der Waals surface area contributed by atoms with Crippen molar-refractivity contribution in [3.63, 3.8) is 0 Å². The van der Waals surface area contributed by atoms with Gasteiger partial charge in [0.1, 0.15) is 5.69 Å². The molecule has 0 heterocycles. The van der Waals surface area contributed by atoms with Crippen molar-refractivity contribution in [1.82, 2.24) is 5.32 Å². The smallest absolute Gasteiger partial charge is 0.293 e. The van der Waals surface area contributed by atoms with Crippen molar-refractivity contribution in [3.05, 3.63) is 33.3 Å². The number of nitrogens with one attached hydrogen (secondary N) is 2. The maximum atomic E-state index is 11.4. The van der Waals surface area contributed by atoms with Crippen LogP contribution in [-0.4, -0.2) is 23.9 Å². The molecule has 0 atom stereocenters. The van der Waals surface area contributed by atoms with Gasteiger partial charge in [-0.3, -0.25) is 14.9 Å². The molecule has 0 aliphatic rings. The van der Waals surface area contributed by atoms with E-state index in [9.17, 15) is 14.9 Å². The molecule has 19 heavy (non-hydrogen) atoms. The summed E-state index contributed by atoms with van der Waals surface area (Å²) in [5, 5.41) is 16.7. The summed E-state index contributed by atoms with van der Waals surface area (Å²) in [6.45, 7) is 2.89. The summed E-state index contributed by atoms with van der Waals surface area (Å²) in [5.41, 5.74) is 0.152. The number of para-hydroxylation sites is 1. The van der Waals surface area contributed by atoms with E-state index in [1.165, 1.54) is 12.1 Å². The van der Waals surface area contributed by atoms with Crippen LogP contribution in [0.2, 0.25) is 5.02 Å². The van der Waals surface area contributed by atoms with Gasteiger partial charge in [-0.2, -0.15) is 0 Å². The number of anilines is 1. The van der Waals surface area contributed by atoms with Crippen LogP contribution in [-0.2, 0) is 4.79 Å². The molecule has 0 aromatic heterocycles. The van der Waals surface area contributed by atoms with Gasteiger partial charge in [-0.15, -0.1) is 0 Å². The first-order valence-electron chi connectivity index (χ1n) is 5.99. The third-order valence-electron chi connectivity index (χ3n) is 2.41. The first-order chi connectivity index (χ1) is 9.06. The minimum absolute atomic E-state index is 0.0935. The van der Waals surface area contributed by atoms with Crippen molar-refractivity contribution < 1.29 is 9.72 Å². The lowest BCUT2D eigenvalue weighted by Crippen LogP contribution is -2.26. The summed E-state index contributed by atoms with van der Waals surface area (Å²) in [4.78, 5) is 21.7. The highest BCUT2D eigenvalue weighted by molar-refractivity contribution is 6.33. The number of benzene rings is 1. The maximum absolute atomic E-state index is 11.4. The normalized spacial score (nSPS) is 10.0. The molecule has 1 amide bonds. The highest BCUT2D eigenvalue weighted by Gasteiger charge is 2.16. The number of hydrogen-bond acceptors (Lipinski definition) is 4. The molecule has 0 saturated heterocycles. The average molecular weight is 286 g/mol. The molecule has 0 radical (unpaired) electrons. The monoisotopic (exact) mass is 285 g/mol. The summed E-state index contributed by atoms with van der Waals surface area (Å²) in [7, 11) is 0. The van der Waals surface area contributed by atoms with E-state index in [-0.39, 0.29) is 28.7 Å². The number of carbonyl (C=O) groups is 1. The summed E-state index contributed by atoms with van der Waals surface area (Å²) >= 11 is 5.90. The molecule has 0 bridgehead atoms. The molecule has 6 nitrogen and oxygen atoms in total. The molecule has 1 aromatic carbocycles. The Morgan fingerprint density at radius 1 is 1.42 bits per heavy atom. The molecule has 7 heteroatoms. The van der Waals surface area contributed by atoms with Crippen LogP contribution in [0.5, 0.6) is 0 Å². The Balaban J connectivity index is 2.58. The van der Waals surface area contributed by atoms with Gasteiger partial charge in [0.2, 0.25) is 5.91 Å².